The van der Waals surface area contributed by atoms with E-state index in [-0.39, 0.29) is 24.2 Å². The van der Waals surface area contributed by atoms with Crippen LogP contribution in [-0.2, 0) is 11.3 Å². The largest absolute Gasteiger partial charge is 0.497 e. The summed E-state index contributed by atoms with van der Waals surface area (Å²) < 4.78 is 10.7. The lowest BCUT2D eigenvalue weighted by Gasteiger charge is -2.37. The first-order valence-electron chi connectivity index (χ1n) is 12.3. The molecule has 3 unspecified atom stereocenters. The van der Waals surface area contributed by atoms with E-state index in [4.69, 9.17) is 9.47 Å². The van der Waals surface area contributed by atoms with Crippen molar-refractivity contribution in [2.45, 2.75) is 57.9 Å². The zero-order valence-corrected chi connectivity index (χ0v) is 21.2. The Hall–Kier alpha value is -3.72. The van der Waals surface area contributed by atoms with Gasteiger partial charge in [-0.2, -0.15) is 5.10 Å². The Morgan fingerprint density at radius 1 is 1.14 bits per heavy atom. The molecule has 3 atom stereocenters. The fraction of sp³-hybridized carbons (Fsp3) is 0.407. The molecular formula is C27H34N6O3. The number of amidine groups is 1. The number of methoxy groups -OCH3 is 2. The van der Waals surface area contributed by atoms with Crippen LogP contribution in [0.5, 0.6) is 11.5 Å². The number of hydrazine groups is 1. The summed E-state index contributed by atoms with van der Waals surface area (Å²) in [5.41, 5.74) is 11.7. The van der Waals surface area contributed by atoms with Gasteiger partial charge in [0.1, 0.15) is 23.5 Å². The molecule has 2 aromatic rings. The summed E-state index contributed by atoms with van der Waals surface area (Å²) in [5.74, 6) is 2.28. The monoisotopic (exact) mass is 490 g/mol. The number of hydrogen-bond donors (Lipinski definition) is 3. The molecule has 1 saturated heterocycles. The van der Waals surface area contributed by atoms with E-state index in [9.17, 15) is 4.79 Å². The number of nitrogens with zero attached hydrogens (tertiary/aromatic N) is 3. The number of fused-ring (bicyclic) bond motifs is 3. The molecule has 0 aromatic heterocycles. The van der Waals surface area contributed by atoms with E-state index in [0.717, 1.165) is 29.3 Å². The number of hydrazone groups is 1. The van der Waals surface area contributed by atoms with Gasteiger partial charge in [-0.25, -0.2) is 5.43 Å². The minimum atomic E-state index is -0.0360. The van der Waals surface area contributed by atoms with E-state index in [2.05, 4.69) is 69.4 Å². The summed E-state index contributed by atoms with van der Waals surface area (Å²) in [6.45, 7) is 4.67. The third-order valence-corrected chi connectivity index (χ3v) is 7.16. The lowest BCUT2D eigenvalue weighted by molar-refractivity contribution is -0.121. The molecule has 36 heavy (non-hydrogen) atoms. The number of carbonyl (C=O) groups excluding carboxylic acids is 1. The number of ether oxygens (including phenoxy) is 2. The molecule has 3 aliphatic heterocycles. The zero-order valence-electron chi connectivity index (χ0n) is 21.2. The van der Waals surface area contributed by atoms with Gasteiger partial charge in [-0.15, -0.1) is 0 Å². The molecule has 0 aliphatic carbocycles. The van der Waals surface area contributed by atoms with Gasteiger partial charge in [-0.1, -0.05) is 23.8 Å². The van der Waals surface area contributed by atoms with Crippen molar-refractivity contribution in [2.24, 2.45) is 5.10 Å². The van der Waals surface area contributed by atoms with Crippen LogP contribution in [0.15, 0.2) is 53.9 Å². The summed E-state index contributed by atoms with van der Waals surface area (Å²) in [4.78, 5) is 14.8. The minimum absolute atomic E-state index is 0.0360. The average Bonchev–Trinajstić information content (AvgIpc) is 3.51. The lowest BCUT2D eigenvalue weighted by Crippen LogP contribution is -2.54. The summed E-state index contributed by atoms with van der Waals surface area (Å²) in [7, 11) is 3.24. The third-order valence-electron chi connectivity index (χ3n) is 7.16. The smallest absolute Gasteiger partial charge is 0.220 e. The number of aryl methyl sites for hydroxylation is 2. The van der Waals surface area contributed by atoms with Gasteiger partial charge in [0.25, 0.3) is 0 Å². The lowest BCUT2D eigenvalue weighted by atomic mass is 9.95. The molecule has 2 aromatic carbocycles. The average molecular weight is 491 g/mol. The van der Waals surface area contributed by atoms with Crippen LogP contribution >= 0.6 is 0 Å². The van der Waals surface area contributed by atoms with Gasteiger partial charge in [0, 0.05) is 37.3 Å². The van der Waals surface area contributed by atoms with E-state index in [1.54, 1.807) is 14.2 Å². The van der Waals surface area contributed by atoms with Crippen LogP contribution < -0.4 is 25.6 Å². The molecule has 1 fully saturated rings. The number of carbonyl (C=O) groups is 1. The molecule has 9 nitrogen and oxygen atoms in total. The molecule has 0 saturated carbocycles. The first-order chi connectivity index (χ1) is 17.5. The van der Waals surface area contributed by atoms with Crippen LogP contribution in [0.3, 0.4) is 0 Å². The Balaban J connectivity index is 1.16. The van der Waals surface area contributed by atoms with Crippen LogP contribution in [0, 0.1) is 13.8 Å². The maximum atomic E-state index is 12.6. The Morgan fingerprint density at radius 2 is 2.00 bits per heavy atom. The normalized spacial score (nSPS) is 22.0. The summed E-state index contributed by atoms with van der Waals surface area (Å²) in [6, 6.07) is 12.7. The number of rotatable bonds is 8. The third kappa shape index (κ3) is 4.70. The number of benzene rings is 2. The second-order valence-corrected chi connectivity index (χ2v) is 9.51. The van der Waals surface area contributed by atoms with Crippen LogP contribution in [0.2, 0.25) is 0 Å². The van der Waals surface area contributed by atoms with Crippen molar-refractivity contribution in [2.75, 3.05) is 14.2 Å². The highest BCUT2D eigenvalue weighted by Crippen LogP contribution is 2.35. The summed E-state index contributed by atoms with van der Waals surface area (Å²) >= 11 is 0. The molecule has 9 heteroatoms. The fourth-order valence-electron chi connectivity index (χ4n) is 5.18. The van der Waals surface area contributed by atoms with E-state index in [1.807, 2.05) is 24.4 Å². The van der Waals surface area contributed by atoms with Crippen molar-refractivity contribution < 1.29 is 14.3 Å². The van der Waals surface area contributed by atoms with Gasteiger partial charge < -0.3 is 24.7 Å². The topological polar surface area (TPSA) is 90.5 Å². The standard InChI is InChI=1S/C27H34N6O3/c1-17-5-6-18(2)21(13-17)22-15-23-27-30-29-25(32(27)11-12-33(23)31-22)9-10-26(34)28-16-19-14-20(35-3)7-8-24(19)36-4/h5-8,11-14,22-23,27,30-31H,9-10,15-16H2,1-4H3,(H,28,34). The highest BCUT2D eigenvalue weighted by atomic mass is 16.5. The molecular weight excluding hydrogens is 456 g/mol. The predicted molar refractivity (Wildman–Crippen MR) is 138 cm³/mol. The minimum Gasteiger partial charge on any atom is -0.497 e. The second-order valence-electron chi connectivity index (χ2n) is 9.51. The van der Waals surface area contributed by atoms with E-state index in [1.165, 1.54) is 16.7 Å². The quantitative estimate of drug-likeness (QED) is 0.524. The molecule has 1 amide bonds. The van der Waals surface area contributed by atoms with E-state index in [0.29, 0.717) is 19.4 Å². The van der Waals surface area contributed by atoms with Crippen molar-refractivity contribution in [3.05, 3.63) is 71.1 Å². The molecule has 190 valence electrons. The Labute approximate surface area is 212 Å². The highest BCUT2D eigenvalue weighted by Gasteiger charge is 2.44. The summed E-state index contributed by atoms with van der Waals surface area (Å²) in [6.07, 6.45) is 6.02. The molecule has 5 rings (SSSR count). The Kier molecular flexibility index (Phi) is 6.73. The van der Waals surface area contributed by atoms with Crippen LogP contribution in [-0.4, -0.2) is 48.1 Å². The van der Waals surface area contributed by atoms with E-state index < -0.39 is 0 Å². The first-order valence-corrected chi connectivity index (χ1v) is 12.3. The molecule has 0 radical (unpaired) electrons. The Bertz CT molecular complexity index is 1200. The molecule has 0 spiro atoms. The van der Waals surface area contributed by atoms with Crippen LogP contribution in [0.25, 0.3) is 0 Å². The van der Waals surface area contributed by atoms with Crippen molar-refractivity contribution in [3.63, 3.8) is 0 Å². The zero-order chi connectivity index (χ0) is 25.2. The maximum absolute atomic E-state index is 12.6. The SMILES string of the molecule is COc1ccc(OC)c(CNC(=O)CCC2=NNC3C4CC(c5cc(C)ccc5C)NN4C=CN23)c1. The van der Waals surface area contributed by atoms with Gasteiger partial charge in [0.15, 0.2) is 0 Å². The molecule has 3 heterocycles. The maximum Gasteiger partial charge on any atom is 0.220 e. The predicted octanol–water partition coefficient (Wildman–Crippen LogP) is 3.07. The van der Waals surface area contributed by atoms with Gasteiger partial charge in [-0.3, -0.25) is 10.2 Å². The fourth-order valence-corrected chi connectivity index (χ4v) is 5.18. The van der Waals surface area contributed by atoms with Crippen molar-refractivity contribution >= 4 is 11.7 Å². The number of amides is 1. The van der Waals surface area contributed by atoms with Crippen LogP contribution in [0.1, 0.15) is 47.6 Å². The second kappa shape index (κ2) is 10.1. The molecule has 0 bridgehead atoms. The van der Waals surface area contributed by atoms with Gasteiger partial charge in [-0.05, 0) is 49.6 Å². The van der Waals surface area contributed by atoms with Crippen molar-refractivity contribution in [1.29, 1.82) is 0 Å². The van der Waals surface area contributed by atoms with Gasteiger partial charge in [0.05, 0.1) is 26.3 Å². The molecule has 3 N–H and O–H groups in total. The van der Waals surface area contributed by atoms with Crippen molar-refractivity contribution in [3.8, 4) is 11.5 Å². The highest BCUT2D eigenvalue weighted by molar-refractivity contribution is 5.89. The first kappa shape index (κ1) is 24.0. The van der Waals surface area contributed by atoms with Crippen LogP contribution in [0.4, 0.5) is 0 Å². The number of nitrogens with one attached hydrogen (secondary N) is 3. The molecule has 3 aliphatic rings. The van der Waals surface area contributed by atoms with E-state index >= 15 is 0 Å². The summed E-state index contributed by atoms with van der Waals surface area (Å²) in [5, 5.41) is 9.76. The van der Waals surface area contributed by atoms with Gasteiger partial charge >= 0.3 is 0 Å². The van der Waals surface area contributed by atoms with Crippen molar-refractivity contribution in [1.82, 2.24) is 26.1 Å². The van der Waals surface area contributed by atoms with Gasteiger partial charge in [0.2, 0.25) is 5.91 Å². The number of hydrogen-bond acceptors (Lipinski definition) is 8. The Morgan fingerprint density at radius 3 is 2.81 bits per heavy atom.